The number of rotatable bonds is 5. The average molecular weight is 488 g/mol. The Balaban J connectivity index is 1.73. The third kappa shape index (κ3) is 6.85. The van der Waals surface area contributed by atoms with Gasteiger partial charge in [-0.3, -0.25) is 10.1 Å². The number of nitrogen functional groups attached to an aromatic ring is 1. The summed E-state index contributed by atoms with van der Waals surface area (Å²) in [4.78, 5) is 27.8. The van der Waals surface area contributed by atoms with E-state index in [4.69, 9.17) is 15.2 Å². The Hall–Kier alpha value is -4.28. The van der Waals surface area contributed by atoms with Crippen molar-refractivity contribution in [1.29, 1.82) is 0 Å². The number of carbonyl (C=O) groups excluding carboxylic acids is 2. The largest absolute Gasteiger partial charge is 0.493 e. The fraction of sp³-hybridized carbons (Fsp3) is 0.208. The highest BCUT2D eigenvalue weighted by Crippen LogP contribution is 2.32. The molecule has 0 radical (unpaired) electrons. The quantitative estimate of drug-likeness (QED) is 0.339. The molecule has 0 unspecified atom stereocenters. The minimum absolute atomic E-state index is 0.0463. The SMILES string of the molecule is CC(C)(C)OC(=O)Nc1ccc(Oc2ccc(C(=O)N(c3ccccn3)C(F)(F)F)cc2N)cc1. The second kappa shape index (κ2) is 9.92. The highest BCUT2D eigenvalue weighted by atomic mass is 19.4. The maximum atomic E-state index is 13.6. The number of nitrogens with one attached hydrogen (secondary N) is 1. The summed E-state index contributed by atoms with van der Waals surface area (Å²) in [7, 11) is 0. The molecule has 0 saturated heterocycles. The zero-order valence-electron chi connectivity index (χ0n) is 19.1. The molecule has 0 aliphatic heterocycles. The van der Waals surface area contributed by atoms with Crippen LogP contribution in [0, 0.1) is 0 Å². The van der Waals surface area contributed by atoms with Crippen LogP contribution in [0.3, 0.4) is 0 Å². The summed E-state index contributed by atoms with van der Waals surface area (Å²) >= 11 is 0. The van der Waals surface area contributed by atoms with Gasteiger partial charge in [-0.2, -0.15) is 0 Å². The molecule has 184 valence electrons. The van der Waals surface area contributed by atoms with Crippen molar-refractivity contribution in [3.63, 3.8) is 0 Å². The zero-order valence-corrected chi connectivity index (χ0v) is 19.1. The standard InChI is InChI=1S/C24H23F3N4O4/c1-23(2,3)35-22(33)30-16-8-10-17(11-9-16)34-19-12-7-15(14-18(19)28)21(32)31(24(25,26)27)20-6-4-5-13-29-20/h4-14H,28H2,1-3H3,(H,30,33). The molecule has 2 aromatic carbocycles. The molecule has 0 atom stereocenters. The molecule has 3 N–H and O–H groups in total. The van der Waals surface area contributed by atoms with Gasteiger partial charge in [0.25, 0.3) is 5.91 Å². The van der Waals surface area contributed by atoms with Crippen molar-refractivity contribution >= 4 is 29.2 Å². The predicted molar refractivity (Wildman–Crippen MR) is 124 cm³/mol. The molecule has 3 rings (SSSR count). The minimum Gasteiger partial charge on any atom is -0.455 e. The molecule has 3 aromatic rings. The number of benzene rings is 2. The van der Waals surface area contributed by atoms with Gasteiger partial charge in [0.2, 0.25) is 0 Å². The molecule has 8 nitrogen and oxygen atoms in total. The minimum atomic E-state index is -5.00. The highest BCUT2D eigenvalue weighted by Gasteiger charge is 2.43. The number of pyridine rings is 1. The van der Waals surface area contributed by atoms with E-state index >= 15 is 0 Å². The van der Waals surface area contributed by atoms with Gasteiger partial charge < -0.3 is 15.2 Å². The number of aromatic nitrogens is 1. The number of hydrogen-bond acceptors (Lipinski definition) is 6. The van der Waals surface area contributed by atoms with Crippen molar-refractivity contribution in [2.75, 3.05) is 16.0 Å². The van der Waals surface area contributed by atoms with Crippen molar-refractivity contribution in [1.82, 2.24) is 4.98 Å². The summed E-state index contributed by atoms with van der Waals surface area (Å²) in [5.41, 5.74) is 5.41. The number of halogens is 3. The summed E-state index contributed by atoms with van der Waals surface area (Å²) in [6.07, 6.45) is -4.46. The van der Waals surface area contributed by atoms with Gasteiger partial charge in [0, 0.05) is 17.4 Å². The van der Waals surface area contributed by atoms with Crippen LogP contribution in [0.2, 0.25) is 0 Å². The van der Waals surface area contributed by atoms with E-state index in [-0.39, 0.29) is 21.9 Å². The number of carbonyl (C=O) groups is 2. The Bertz CT molecular complexity index is 1190. The third-order valence-electron chi connectivity index (χ3n) is 4.32. The Morgan fingerprint density at radius 1 is 1.00 bits per heavy atom. The molecule has 0 aliphatic carbocycles. The summed E-state index contributed by atoms with van der Waals surface area (Å²) in [6, 6.07) is 13.7. The normalized spacial score (nSPS) is 11.5. The van der Waals surface area contributed by atoms with Gasteiger partial charge in [0.1, 0.15) is 22.9 Å². The third-order valence-corrected chi connectivity index (χ3v) is 4.32. The van der Waals surface area contributed by atoms with Gasteiger partial charge >= 0.3 is 12.4 Å². The van der Waals surface area contributed by atoms with Crippen molar-refractivity contribution in [3.8, 4) is 11.5 Å². The zero-order chi connectivity index (χ0) is 25.8. The van der Waals surface area contributed by atoms with Gasteiger partial charge in [0.15, 0.2) is 0 Å². The first-order valence-corrected chi connectivity index (χ1v) is 10.3. The number of alkyl halides is 3. The van der Waals surface area contributed by atoms with E-state index in [0.717, 1.165) is 18.3 Å². The molecule has 11 heteroatoms. The fourth-order valence-electron chi connectivity index (χ4n) is 2.89. The summed E-state index contributed by atoms with van der Waals surface area (Å²) < 4.78 is 51.6. The second-order valence-electron chi connectivity index (χ2n) is 8.30. The van der Waals surface area contributed by atoms with Crippen LogP contribution in [0.4, 0.5) is 35.2 Å². The molecule has 0 spiro atoms. The highest BCUT2D eigenvalue weighted by molar-refractivity contribution is 6.06. The lowest BCUT2D eigenvalue weighted by atomic mass is 10.1. The van der Waals surface area contributed by atoms with Gasteiger partial charge in [-0.25, -0.2) is 14.7 Å². The van der Waals surface area contributed by atoms with Gasteiger partial charge in [0.05, 0.1) is 5.69 Å². The van der Waals surface area contributed by atoms with Crippen LogP contribution in [0.15, 0.2) is 66.9 Å². The maximum Gasteiger partial charge on any atom is 0.493 e. The van der Waals surface area contributed by atoms with Crippen LogP contribution in [0.25, 0.3) is 0 Å². The Kier molecular flexibility index (Phi) is 7.18. The molecule has 0 fully saturated rings. The first-order chi connectivity index (χ1) is 16.3. The van der Waals surface area contributed by atoms with E-state index in [2.05, 4.69) is 10.3 Å². The molecule has 0 bridgehead atoms. The lowest BCUT2D eigenvalue weighted by molar-refractivity contribution is -0.122. The molecule has 1 heterocycles. The number of anilines is 3. The predicted octanol–water partition coefficient (Wildman–Crippen LogP) is 5.97. The van der Waals surface area contributed by atoms with Crippen LogP contribution in [-0.2, 0) is 4.74 Å². The molecule has 0 aliphatic rings. The number of amides is 2. The van der Waals surface area contributed by atoms with Crippen molar-refractivity contribution in [2.24, 2.45) is 0 Å². The van der Waals surface area contributed by atoms with Crippen LogP contribution in [0.1, 0.15) is 31.1 Å². The van der Waals surface area contributed by atoms with Crippen LogP contribution in [0.5, 0.6) is 11.5 Å². The first-order valence-electron chi connectivity index (χ1n) is 10.3. The first kappa shape index (κ1) is 25.3. The van der Waals surface area contributed by atoms with E-state index in [9.17, 15) is 22.8 Å². The number of nitrogens with zero attached hydrogens (tertiary/aromatic N) is 2. The summed E-state index contributed by atoms with van der Waals surface area (Å²) in [6.45, 7) is 5.23. The Morgan fingerprint density at radius 3 is 2.23 bits per heavy atom. The molecular weight excluding hydrogens is 465 g/mol. The van der Waals surface area contributed by atoms with Crippen LogP contribution < -0.4 is 20.7 Å². The van der Waals surface area contributed by atoms with E-state index < -0.39 is 29.7 Å². The van der Waals surface area contributed by atoms with Crippen LogP contribution >= 0.6 is 0 Å². The molecule has 35 heavy (non-hydrogen) atoms. The van der Waals surface area contributed by atoms with Crippen LogP contribution in [-0.4, -0.2) is 28.9 Å². The lowest BCUT2D eigenvalue weighted by Crippen LogP contribution is -2.43. The van der Waals surface area contributed by atoms with Gasteiger partial charge in [-0.1, -0.05) is 6.07 Å². The topological polar surface area (TPSA) is 107 Å². The fourth-order valence-corrected chi connectivity index (χ4v) is 2.89. The summed E-state index contributed by atoms with van der Waals surface area (Å²) in [5.74, 6) is -1.43. The Morgan fingerprint density at radius 2 is 1.69 bits per heavy atom. The molecular formula is C24H23F3N4O4. The van der Waals surface area contributed by atoms with E-state index in [1.165, 1.54) is 24.3 Å². The maximum absolute atomic E-state index is 13.6. The monoisotopic (exact) mass is 488 g/mol. The average Bonchev–Trinajstić information content (AvgIpc) is 2.75. The second-order valence-corrected chi connectivity index (χ2v) is 8.30. The van der Waals surface area contributed by atoms with Crippen molar-refractivity contribution in [2.45, 2.75) is 32.7 Å². The van der Waals surface area contributed by atoms with Crippen molar-refractivity contribution in [3.05, 3.63) is 72.4 Å². The molecule has 0 saturated carbocycles. The van der Waals surface area contributed by atoms with E-state index in [1.54, 1.807) is 45.0 Å². The Labute approximate surface area is 199 Å². The molecule has 1 aromatic heterocycles. The smallest absolute Gasteiger partial charge is 0.455 e. The number of hydrogen-bond donors (Lipinski definition) is 2. The number of nitrogens with two attached hydrogens (primary N) is 1. The van der Waals surface area contributed by atoms with E-state index in [1.807, 2.05) is 0 Å². The van der Waals surface area contributed by atoms with Gasteiger partial charge in [-0.05, 0) is 75.4 Å². The number of ether oxygens (including phenoxy) is 2. The van der Waals surface area contributed by atoms with Crippen molar-refractivity contribution < 1.29 is 32.2 Å². The van der Waals surface area contributed by atoms with Gasteiger partial charge in [-0.15, -0.1) is 13.2 Å². The summed E-state index contributed by atoms with van der Waals surface area (Å²) in [5, 5.41) is 2.58. The molecule has 2 amide bonds. The lowest BCUT2D eigenvalue weighted by Gasteiger charge is -2.24. The van der Waals surface area contributed by atoms with E-state index in [0.29, 0.717) is 11.4 Å².